The van der Waals surface area contributed by atoms with Crippen molar-refractivity contribution in [1.82, 2.24) is 0 Å². The summed E-state index contributed by atoms with van der Waals surface area (Å²) in [6.45, 7) is 9.26. The number of benzene rings is 4. The van der Waals surface area contributed by atoms with Gasteiger partial charge in [-0.15, -0.1) is 13.2 Å². The molecule has 0 unspecified atom stereocenters. The first-order valence-electron chi connectivity index (χ1n) is 40.9. The van der Waals surface area contributed by atoms with E-state index in [-0.39, 0.29) is 23.0 Å². The van der Waals surface area contributed by atoms with Gasteiger partial charge in [-0.05, 0) is 437 Å². The molecule has 0 aliphatic heterocycles. The Hall–Kier alpha value is -5.12. The Morgan fingerprint density at radius 2 is 0.608 bits per heavy atom. The zero-order valence-corrected chi connectivity index (χ0v) is 63.2. The van der Waals surface area contributed by atoms with Gasteiger partial charge in [-0.1, -0.05) is 91.1 Å². The molecule has 0 atom stereocenters. The van der Waals surface area contributed by atoms with E-state index in [1.54, 1.807) is 31.2 Å². The van der Waals surface area contributed by atoms with Crippen LogP contribution in [-0.2, 0) is 0 Å². The lowest BCUT2D eigenvalue weighted by Gasteiger charge is -2.38. The van der Waals surface area contributed by atoms with Gasteiger partial charge >= 0.3 is 13.0 Å². The first-order valence-corrected chi connectivity index (χ1v) is 40.9. The molecule has 8 aliphatic rings. The van der Waals surface area contributed by atoms with Crippen LogP contribution in [0.2, 0.25) is 0 Å². The summed E-state index contributed by atoms with van der Waals surface area (Å²) in [5, 5.41) is 0. The van der Waals surface area contributed by atoms with Crippen molar-refractivity contribution in [1.29, 1.82) is 0 Å². The van der Waals surface area contributed by atoms with Crippen molar-refractivity contribution in [2.24, 2.45) is 71.0 Å². The van der Waals surface area contributed by atoms with Gasteiger partial charge in [-0.2, -0.15) is 8.78 Å². The first kappa shape index (κ1) is 81.0. The van der Waals surface area contributed by atoms with Crippen LogP contribution in [0.15, 0.2) is 127 Å². The minimum Gasteiger partial charge on any atom is -0.435 e. The van der Waals surface area contributed by atoms with Gasteiger partial charge in [-0.3, -0.25) is 0 Å². The summed E-state index contributed by atoms with van der Waals surface area (Å²) in [6, 6.07) is 22.6. The molecule has 8 aliphatic carbocycles. The lowest BCUT2D eigenvalue weighted by atomic mass is 9.68. The van der Waals surface area contributed by atoms with Gasteiger partial charge in [-0.25, -0.2) is 13.2 Å². The smallest absolute Gasteiger partial charge is 0.435 e. The maximum atomic E-state index is 13.4. The molecule has 0 spiro atoms. The molecule has 8 fully saturated rings. The van der Waals surface area contributed by atoms with Crippen LogP contribution in [0.25, 0.3) is 0 Å². The minimum absolute atomic E-state index is 0. The van der Waals surface area contributed by atoms with Crippen LogP contribution in [0.1, 0.15) is 327 Å². The van der Waals surface area contributed by atoms with Gasteiger partial charge < -0.3 is 9.47 Å². The second-order valence-electron chi connectivity index (χ2n) is 33.0. The summed E-state index contributed by atoms with van der Waals surface area (Å²) in [7, 11) is 0. The van der Waals surface area contributed by atoms with Crippen LogP contribution in [0.5, 0.6) is 11.5 Å². The highest BCUT2D eigenvalue weighted by Gasteiger charge is 2.37. The molecular formula is C92H144F8O2. The summed E-state index contributed by atoms with van der Waals surface area (Å²) in [4.78, 5) is 0. The van der Waals surface area contributed by atoms with E-state index in [1.807, 2.05) is 37.3 Å². The molecule has 0 aromatic heterocycles. The summed E-state index contributed by atoms with van der Waals surface area (Å²) in [5.74, 6) is 11.7. The van der Waals surface area contributed by atoms with Crippen molar-refractivity contribution >= 4 is 0 Å². The Labute approximate surface area is 623 Å². The Morgan fingerprint density at radius 1 is 0.343 bits per heavy atom. The molecule has 10 heteroatoms. The predicted octanol–water partition coefficient (Wildman–Crippen LogP) is 31.4. The Bertz CT molecular complexity index is 3180. The molecule has 2 nitrogen and oxygen atoms in total. The zero-order valence-electron chi connectivity index (χ0n) is 63.2. The summed E-state index contributed by atoms with van der Waals surface area (Å²) in [5.41, 5.74) is 6.18. The first-order chi connectivity index (χ1) is 49.3. The molecule has 0 saturated heterocycles. The van der Waals surface area contributed by atoms with Gasteiger partial charge in [0.05, 0.1) is 0 Å². The second-order valence-corrected chi connectivity index (χ2v) is 33.0. The average Bonchev–Trinajstić information content (AvgIpc) is 0.832. The van der Waals surface area contributed by atoms with Crippen LogP contribution in [0, 0.1) is 102 Å². The molecule has 0 amide bonds. The zero-order chi connectivity index (χ0) is 72.4. The molecule has 102 heavy (non-hydrogen) atoms. The van der Waals surface area contributed by atoms with Crippen LogP contribution >= 0.6 is 0 Å². The molecule has 0 heterocycles. The number of rotatable bonds is 19. The lowest BCUT2D eigenvalue weighted by Crippen LogP contribution is -2.25. The van der Waals surface area contributed by atoms with E-state index < -0.39 is 24.6 Å². The minimum atomic E-state index is -4.63. The highest BCUT2D eigenvalue weighted by molar-refractivity contribution is 5.39. The molecule has 580 valence electrons. The van der Waals surface area contributed by atoms with Crippen molar-refractivity contribution in [2.45, 2.75) is 309 Å². The third kappa shape index (κ3) is 25.6. The number of aryl methyl sites for hydroxylation is 2. The van der Waals surface area contributed by atoms with Crippen LogP contribution in [0.3, 0.4) is 0 Å². The van der Waals surface area contributed by atoms with E-state index in [2.05, 4.69) is 91.8 Å². The third-order valence-electron chi connectivity index (χ3n) is 26.7. The summed E-state index contributed by atoms with van der Waals surface area (Å²) < 4.78 is 111. The molecular weight excluding hydrogens is 1290 g/mol. The Balaban J connectivity index is 0.000000718. The van der Waals surface area contributed by atoms with Crippen LogP contribution in [0.4, 0.5) is 35.1 Å². The maximum Gasteiger partial charge on any atom is 0.573 e. The number of hydrogen-bond donors (Lipinski definition) is 0. The van der Waals surface area contributed by atoms with E-state index in [0.29, 0.717) is 35.0 Å². The largest absolute Gasteiger partial charge is 0.573 e. The quantitative estimate of drug-likeness (QED) is 0.0688. The number of halogens is 8. The predicted molar refractivity (Wildman–Crippen MR) is 424 cm³/mol. The van der Waals surface area contributed by atoms with E-state index in [0.717, 1.165) is 108 Å². The van der Waals surface area contributed by atoms with E-state index >= 15 is 0 Å². The standard InChI is InChI=1S/C24H33F3O.C24H34F2O.C22H30F2.C22H31F.8H2/c1-3-4-5-18-6-8-19(9-7-18)20-10-12-21(13-11-20)22-14-15-23(17(2)16-22)28-24(25,26)27;1-3-4-5-18-6-8-19(9-7-18)20-10-12-21(13-11-20)22-14-15-23(17(2)16-22)27-24(25)26;1-2-3-4-16-5-7-17(8-6-16)18-9-11-19(12-10-18)20-13-14-21(23)22(24)15-20;1-2-3-4-17-5-7-18(8-6-17)19-9-11-20(12-10-19)21-13-15-22(23)16-14-21;;;;;;;;/h3-4,14-16,18-21H,5-13H2,1-2H3;3-4,14-16,18-21,24H,5-13H2,1-2H3;2-3,13-19H,4-12H2,1H3;2-3,13-20H,4-12H2,1H3;8*1H/b2*4-3+;2*3-2+;;;;;;;;. The second kappa shape index (κ2) is 41.7. The van der Waals surface area contributed by atoms with E-state index in [9.17, 15) is 35.1 Å². The fraction of sp³-hybridized carbons (Fsp3) is 0.652. The normalized spacial score (nSPS) is 30.5. The fourth-order valence-corrected chi connectivity index (χ4v) is 20.4. The third-order valence-corrected chi connectivity index (χ3v) is 26.7. The van der Waals surface area contributed by atoms with Crippen LogP contribution < -0.4 is 9.47 Å². The van der Waals surface area contributed by atoms with E-state index in [1.165, 1.54) is 240 Å². The monoisotopic (exact) mass is 1430 g/mol. The summed E-state index contributed by atoms with van der Waals surface area (Å²) >= 11 is 0. The van der Waals surface area contributed by atoms with Crippen molar-refractivity contribution in [3.63, 3.8) is 0 Å². The molecule has 0 radical (unpaired) electrons. The van der Waals surface area contributed by atoms with E-state index in [4.69, 9.17) is 0 Å². The highest BCUT2D eigenvalue weighted by atomic mass is 19.4. The molecule has 0 bridgehead atoms. The number of ether oxygens (including phenoxy) is 2. The Kier molecular flexibility index (Phi) is 33.1. The lowest BCUT2D eigenvalue weighted by molar-refractivity contribution is -0.274. The highest BCUT2D eigenvalue weighted by Crippen LogP contribution is 2.50. The number of allylic oxidation sites excluding steroid dienone is 8. The topological polar surface area (TPSA) is 18.5 Å². The van der Waals surface area contributed by atoms with Crippen molar-refractivity contribution in [3.8, 4) is 11.5 Å². The van der Waals surface area contributed by atoms with Gasteiger partial charge in [0.25, 0.3) is 0 Å². The molecule has 0 N–H and O–H groups in total. The van der Waals surface area contributed by atoms with Gasteiger partial charge in [0, 0.05) is 11.4 Å². The van der Waals surface area contributed by atoms with Gasteiger partial charge in [0.1, 0.15) is 17.3 Å². The SMILES string of the molecule is C/C=C/CC1CCC(C2CCC(c3ccc(F)c(F)c3)CC2)CC1.C/C=C/CC1CCC(C2CCC(c3ccc(F)cc3)CC2)CC1.C/C=C/CC1CCC(C2CCC(c3ccc(OC(F)(F)F)c(C)c3)CC2)CC1.C/C=C/CC1CCC(C2CCC(c3ccc(OC(F)F)c(C)c3)CC2)CC1.[HH].[HH].[HH].[HH].[HH].[HH].[HH].[HH]. The van der Waals surface area contributed by atoms with Crippen molar-refractivity contribution in [3.05, 3.63) is 178 Å². The fourth-order valence-electron chi connectivity index (χ4n) is 20.4. The average molecular weight is 1430 g/mol. The maximum absolute atomic E-state index is 13.4. The molecule has 4 aromatic rings. The molecule has 4 aromatic carbocycles. The summed E-state index contributed by atoms with van der Waals surface area (Å²) in [6.07, 6.45) is 61.0. The molecule has 8 saturated carbocycles. The van der Waals surface area contributed by atoms with Gasteiger partial charge in [0.15, 0.2) is 11.6 Å². The van der Waals surface area contributed by atoms with Crippen molar-refractivity contribution < 1.29 is 56.0 Å². The molecule has 12 rings (SSSR count). The van der Waals surface area contributed by atoms with Crippen molar-refractivity contribution in [2.75, 3.05) is 0 Å². The number of hydrogen-bond acceptors (Lipinski definition) is 2. The van der Waals surface area contributed by atoms with Gasteiger partial charge in [0.2, 0.25) is 0 Å². The number of alkyl halides is 5. The Morgan fingerprint density at radius 3 is 0.882 bits per heavy atom. The van der Waals surface area contributed by atoms with Crippen LogP contribution in [-0.4, -0.2) is 13.0 Å².